The largest absolute Gasteiger partial charge is 0.497 e. The van der Waals surface area contributed by atoms with E-state index in [9.17, 15) is 4.79 Å². The molecule has 0 spiro atoms. The number of fused-ring (bicyclic) bond motifs is 1. The third-order valence-electron chi connectivity index (χ3n) is 2.32. The number of amides is 1. The number of hydrogen-bond donors (Lipinski definition) is 1. The topological polar surface area (TPSA) is 51.2 Å². The van der Waals surface area contributed by atoms with Crippen LogP contribution in [0.1, 0.15) is 23.1 Å². The molecule has 1 heterocycles. The molecule has 0 radical (unpaired) electrons. The molecule has 1 N–H and O–H groups in total. The van der Waals surface area contributed by atoms with Crippen LogP contribution >= 0.6 is 11.3 Å². The summed E-state index contributed by atoms with van der Waals surface area (Å²) in [5, 5.41) is 3.32. The Morgan fingerprint density at radius 1 is 1.53 bits per heavy atom. The Labute approximate surface area is 104 Å². The number of thiazole rings is 1. The molecule has 1 amide bonds. The molecule has 0 saturated heterocycles. The summed E-state index contributed by atoms with van der Waals surface area (Å²) in [5.74, 6) is 0.648. The average molecular weight is 250 g/mol. The molecule has 0 aliphatic heterocycles. The molecule has 0 unspecified atom stereocenters. The number of aromatic nitrogens is 1. The lowest BCUT2D eigenvalue weighted by Crippen LogP contribution is -2.23. The van der Waals surface area contributed by atoms with Gasteiger partial charge < -0.3 is 10.1 Å². The second-order valence-corrected chi connectivity index (χ2v) is 4.64. The summed E-state index contributed by atoms with van der Waals surface area (Å²) in [7, 11) is 1.61. The van der Waals surface area contributed by atoms with Gasteiger partial charge in [-0.2, -0.15) is 0 Å². The molecular formula is C12H14N2O2S. The van der Waals surface area contributed by atoms with Gasteiger partial charge in [-0.15, -0.1) is 11.3 Å². The molecule has 0 aliphatic rings. The highest BCUT2D eigenvalue weighted by molar-refractivity contribution is 7.20. The van der Waals surface area contributed by atoms with Gasteiger partial charge in [0.1, 0.15) is 5.75 Å². The van der Waals surface area contributed by atoms with E-state index in [4.69, 9.17) is 4.74 Å². The van der Waals surface area contributed by atoms with Crippen LogP contribution in [-0.4, -0.2) is 24.5 Å². The van der Waals surface area contributed by atoms with E-state index in [-0.39, 0.29) is 5.91 Å². The first kappa shape index (κ1) is 11.9. The van der Waals surface area contributed by atoms with Crippen LogP contribution in [-0.2, 0) is 0 Å². The first-order valence-electron chi connectivity index (χ1n) is 5.47. The summed E-state index contributed by atoms with van der Waals surface area (Å²) >= 11 is 1.40. The average Bonchev–Trinajstić information content (AvgIpc) is 2.78. The Morgan fingerprint density at radius 2 is 2.35 bits per heavy atom. The van der Waals surface area contributed by atoms with E-state index < -0.39 is 0 Å². The Hall–Kier alpha value is -1.62. The van der Waals surface area contributed by atoms with Crippen LogP contribution in [0.15, 0.2) is 18.2 Å². The third kappa shape index (κ3) is 2.55. The van der Waals surface area contributed by atoms with E-state index in [1.807, 2.05) is 25.1 Å². The summed E-state index contributed by atoms with van der Waals surface area (Å²) in [6.45, 7) is 2.70. The Balaban J connectivity index is 2.28. The molecule has 5 heteroatoms. The fourth-order valence-corrected chi connectivity index (χ4v) is 2.31. The molecule has 0 saturated carbocycles. The van der Waals surface area contributed by atoms with Crippen molar-refractivity contribution in [2.75, 3.05) is 13.7 Å². The van der Waals surface area contributed by atoms with Gasteiger partial charge in [0.05, 0.1) is 17.3 Å². The SMILES string of the molecule is CCCNC(=O)c1nc2cc(OC)ccc2s1. The van der Waals surface area contributed by atoms with Crippen molar-refractivity contribution in [3.63, 3.8) is 0 Å². The summed E-state index contributed by atoms with van der Waals surface area (Å²) < 4.78 is 6.11. The Morgan fingerprint density at radius 3 is 3.06 bits per heavy atom. The number of carbonyl (C=O) groups is 1. The maximum Gasteiger partial charge on any atom is 0.280 e. The van der Waals surface area contributed by atoms with Crippen LogP contribution in [0, 0.1) is 0 Å². The van der Waals surface area contributed by atoms with Gasteiger partial charge in [-0.1, -0.05) is 6.92 Å². The molecule has 0 atom stereocenters. The fraction of sp³-hybridized carbons (Fsp3) is 0.333. The lowest BCUT2D eigenvalue weighted by Gasteiger charge is -1.98. The van der Waals surface area contributed by atoms with Gasteiger partial charge in [-0.3, -0.25) is 4.79 Å². The first-order chi connectivity index (χ1) is 8.24. The minimum atomic E-state index is -0.105. The molecule has 17 heavy (non-hydrogen) atoms. The minimum Gasteiger partial charge on any atom is -0.497 e. The van der Waals surface area contributed by atoms with Crippen molar-refractivity contribution in [3.8, 4) is 5.75 Å². The fourth-order valence-electron chi connectivity index (χ4n) is 1.45. The van der Waals surface area contributed by atoms with E-state index in [0.29, 0.717) is 11.6 Å². The van der Waals surface area contributed by atoms with Crippen LogP contribution in [0.2, 0.25) is 0 Å². The number of rotatable bonds is 4. The van der Waals surface area contributed by atoms with Crippen molar-refractivity contribution in [3.05, 3.63) is 23.2 Å². The monoisotopic (exact) mass is 250 g/mol. The molecule has 2 rings (SSSR count). The minimum absolute atomic E-state index is 0.105. The van der Waals surface area contributed by atoms with Crippen molar-refractivity contribution in [1.29, 1.82) is 0 Å². The number of benzene rings is 1. The van der Waals surface area contributed by atoms with Crippen molar-refractivity contribution in [1.82, 2.24) is 10.3 Å². The van der Waals surface area contributed by atoms with Crippen molar-refractivity contribution in [2.45, 2.75) is 13.3 Å². The predicted molar refractivity (Wildman–Crippen MR) is 68.8 cm³/mol. The lowest BCUT2D eigenvalue weighted by molar-refractivity contribution is 0.0953. The summed E-state index contributed by atoms with van der Waals surface area (Å²) in [5.41, 5.74) is 0.802. The van der Waals surface area contributed by atoms with Gasteiger partial charge in [-0.25, -0.2) is 4.98 Å². The second kappa shape index (κ2) is 5.14. The van der Waals surface area contributed by atoms with E-state index >= 15 is 0 Å². The highest BCUT2D eigenvalue weighted by Gasteiger charge is 2.11. The number of methoxy groups -OCH3 is 1. The molecule has 90 valence electrons. The van der Waals surface area contributed by atoms with Gasteiger partial charge in [0.25, 0.3) is 5.91 Å². The van der Waals surface area contributed by atoms with Crippen LogP contribution in [0.5, 0.6) is 5.75 Å². The standard InChI is InChI=1S/C12H14N2O2S/c1-3-6-13-11(15)12-14-9-7-8(16-2)4-5-10(9)17-12/h4-5,7H,3,6H2,1-2H3,(H,13,15). The van der Waals surface area contributed by atoms with Gasteiger partial charge in [-0.05, 0) is 18.6 Å². The number of ether oxygens (including phenoxy) is 1. The molecule has 0 bridgehead atoms. The smallest absolute Gasteiger partial charge is 0.280 e. The van der Waals surface area contributed by atoms with Crippen LogP contribution in [0.3, 0.4) is 0 Å². The van der Waals surface area contributed by atoms with E-state index in [1.54, 1.807) is 7.11 Å². The van der Waals surface area contributed by atoms with Crippen LogP contribution in [0.25, 0.3) is 10.2 Å². The number of nitrogens with one attached hydrogen (secondary N) is 1. The van der Waals surface area contributed by atoms with Gasteiger partial charge in [0.15, 0.2) is 5.01 Å². The molecule has 4 nitrogen and oxygen atoms in total. The predicted octanol–water partition coefficient (Wildman–Crippen LogP) is 2.44. The Kier molecular flexibility index (Phi) is 3.58. The first-order valence-corrected chi connectivity index (χ1v) is 6.29. The number of carbonyl (C=O) groups excluding carboxylic acids is 1. The zero-order valence-corrected chi connectivity index (χ0v) is 10.6. The lowest BCUT2D eigenvalue weighted by atomic mass is 10.3. The summed E-state index contributed by atoms with van der Waals surface area (Å²) in [4.78, 5) is 16.0. The zero-order valence-electron chi connectivity index (χ0n) is 9.82. The zero-order chi connectivity index (χ0) is 12.3. The molecular weight excluding hydrogens is 236 g/mol. The van der Waals surface area contributed by atoms with Crippen LogP contribution in [0.4, 0.5) is 0 Å². The highest BCUT2D eigenvalue weighted by Crippen LogP contribution is 2.25. The van der Waals surface area contributed by atoms with E-state index in [2.05, 4.69) is 10.3 Å². The van der Waals surface area contributed by atoms with Gasteiger partial charge >= 0.3 is 0 Å². The van der Waals surface area contributed by atoms with E-state index in [1.165, 1.54) is 11.3 Å². The van der Waals surface area contributed by atoms with Crippen molar-refractivity contribution in [2.24, 2.45) is 0 Å². The number of nitrogens with zero attached hydrogens (tertiary/aromatic N) is 1. The van der Waals surface area contributed by atoms with Crippen LogP contribution < -0.4 is 10.1 Å². The molecule has 1 aromatic carbocycles. The van der Waals surface area contributed by atoms with Crippen molar-refractivity contribution >= 4 is 27.5 Å². The highest BCUT2D eigenvalue weighted by atomic mass is 32.1. The van der Waals surface area contributed by atoms with Gasteiger partial charge in [0.2, 0.25) is 0 Å². The van der Waals surface area contributed by atoms with Crippen molar-refractivity contribution < 1.29 is 9.53 Å². The van der Waals surface area contributed by atoms with E-state index in [0.717, 1.165) is 22.4 Å². The summed E-state index contributed by atoms with van der Waals surface area (Å²) in [6, 6.07) is 5.62. The Bertz CT molecular complexity index is 536. The quantitative estimate of drug-likeness (QED) is 0.906. The maximum atomic E-state index is 11.7. The summed E-state index contributed by atoms with van der Waals surface area (Å²) in [6.07, 6.45) is 0.921. The maximum absolute atomic E-state index is 11.7. The number of hydrogen-bond acceptors (Lipinski definition) is 4. The normalized spacial score (nSPS) is 10.5. The molecule has 2 aromatic rings. The van der Waals surface area contributed by atoms with Gasteiger partial charge in [0, 0.05) is 12.6 Å². The second-order valence-electron chi connectivity index (χ2n) is 3.61. The molecule has 0 fully saturated rings. The molecule has 1 aromatic heterocycles. The third-order valence-corrected chi connectivity index (χ3v) is 3.36. The molecule has 0 aliphatic carbocycles.